The van der Waals surface area contributed by atoms with Gasteiger partial charge in [-0.25, -0.2) is 4.79 Å². The highest BCUT2D eigenvalue weighted by Crippen LogP contribution is 2.23. The van der Waals surface area contributed by atoms with Crippen LogP contribution in [0.4, 0.5) is 5.69 Å². The fourth-order valence-corrected chi connectivity index (χ4v) is 3.20. The summed E-state index contributed by atoms with van der Waals surface area (Å²) >= 11 is 0. The standard InChI is InChI=1S/C22H24N2O4/c1-4-15-7-5-6-8-19(15)23-21(25)14-24(2)13-16-11-22(26)28-20-12-17(27-3)9-10-18(16)20/h5-12H,4,13-14H2,1-3H3,(H,23,25). The lowest BCUT2D eigenvalue weighted by Crippen LogP contribution is -2.30. The molecule has 0 aliphatic rings. The largest absolute Gasteiger partial charge is 0.497 e. The van der Waals surface area contributed by atoms with Gasteiger partial charge < -0.3 is 14.5 Å². The van der Waals surface area contributed by atoms with Crippen molar-refractivity contribution in [1.29, 1.82) is 0 Å². The maximum Gasteiger partial charge on any atom is 0.336 e. The molecule has 0 saturated heterocycles. The Labute approximate surface area is 163 Å². The lowest BCUT2D eigenvalue weighted by molar-refractivity contribution is -0.117. The third-order valence-corrected chi connectivity index (χ3v) is 4.56. The van der Waals surface area contributed by atoms with Gasteiger partial charge in [0.1, 0.15) is 11.3 Å². The maximum atomic E-state index is 12.4. The molecular weight excluding hydrogens is 356 g/mol. The molecule has 0 spiro atoms. The molecule has 0 aliphatic carbocycles. The first-order chi connectivity index (χ1) is 13.5. The van der Waals surface area contributed by atoms with E-state index in [4.69, 9.17) is 9.15 Å². The van der Waals surface area contributed by atoms with Crippen molar-refractivity contribution in [3.8, 4) is 5.75 Å². The summed E-state index contributed by atoms with van der Waals surface area (Å²) in [5, 5.41) is 3.79. The lowest BCUT2D eigenvalue weighted by atomic mass is 10.1. The van der Waals surface area contributed by atoms with Gasteiger partial charge in [-0.15, -0.1) is 0 Å². The van der Waals surface area contributed by atoms with Gasteiger partial charge in [0.05, 0.1) is 13.7 Å². The molecule has 2 aromatic carbocycles. The van der Waals surface area contributed by atoms with Crippen molar-refractivity contribution in [3.63, 3.8) is 0 Å². The Morgan fingerprint density at radius 3 is 2.68 bits per heavy atom. The fourth-order valence-electron chi connectivity index (χ4n) is 3.20. The normalized spacial score (nSPS) is 11.0. The summed E-state index contributed by atoms with van der Waals surface area (Å²) in [6, 6.07) is 14.6. The van der Waals surface area contributed by atoms with Crippen LogP contribution >= 0.6 is 0 Å². The van der Waals surface area contributed by atoms with Crippen LogP contribution in [0.5, 0.6) is 5.75 Å². The number of hydrogen-bond acceptors (Lipinski definition) is 5. The molecule has 3 aromatic rings. The first kappa shape index (κ1) is 19.6. The predicted molar refractivity (Wildman–Crippen MR) is 110 cm³/mol. The number of amides is 1. The quantitative estimate of drug-likeness (QED) is 0.636. The molecule has 3 rings (SSSR count). The minimum atomic E-state index is -0.425. The Balaban J connectivity index is 1.73. The summed E-state index contributed by atoms with van der Waals surface area (Å²) in [5.41, 5.74) is 2.78. The van der Waals surface area contributed by atoms with E-state index in [1.165, 1.54) is 6.07 Å². The van der Waals surface area contributed by atoms with Crippen LogP contribution in [0.3, 0.4) is 0 Å². The average molecular weight is 380 g/mol. The molecule has 1 aromatic heterocycles. The van der Waals surface area contributed by atoms with Crippen molar-refractivity contribution in [2.45, 2.75) is 19.9 Å². The van der Waals surface area contributed by atoms with Crippen molar-refractivity contribution in [2.24, 2.45) is 0 Å². The van der Waals surface area contributed by atoms with Crippen molar-refractivity contribution in [3.05, 3.63) is 70.1 Å². The number of rotatable bonds is 7. The first-order valence-electron chi connectivity index (χ1n) is 9.17. The third-order valence-electron chi connectivity index (χ3n) is 4.56. The number of aryl methyl sites for hydroxylation is 1. The van der Waals surface area contributed by atoms with E-state index in [9.17, 15) is 9.59 Å². The number of carbonyl (C=O) groups excluding carboxylic acids is 1. The van der Waals surface area contributed by atoms with Crippen LogP contribution in [0, 0.1) is 0 Å². The Bertz CT molecular complexity index is 1040. The molecule has 146 valence electrons. The van der Waals surface area contributed by atoms with Gasteiger partial charge in [0, 0.05) is 29.8 Å². The van der Waals surface area contributed by atoms with Crippen molar-refractivity contribution in [2.75, 3.05) is 26.0 Å². The van der Waals surface area contributed by atoms with Crippen LogP contribution in [0.2, 0.25) is 0 Å². The summed E-state index contributed by atoms with van der Waals surface area (Å²) in [7, 11) is 3.40. The SMILES string of the molecule is CCc1ccccc1NC(=O)CN(C)Cc1cc(=O)oc2cc(OC)ccc12. The zero-order valence-corrected chi connectivity index (χ0v) is 16.3. The number of carbonyl (C=O) groups is 1. The van der Waals surface area contributed by atoms with Crippen LogP contribution in [0.1, 0.15) is 18.1 Å². The van der Waals surface area contributed by atoms with E-state index in [1.807, 2.05) is 48.3 Å². The van der Waals surface area contributed by atoms with E-state index < -0.39 is 5.63 Å². The maximum absolute atomic E-state index is 12.4. The number of likely N-dealkylation sites (N-methyl/N-ethyl adjacent to an activating group) is 1. The Morgan fingerprint density at radius 1 is 1.14 bits per heavy atom. The highest BCUT2D eigenvalue weighted by Gasteiger charge is 2.13. The third kappa shape index (κ3) is 4.58. The zero-order chi connectivity index (χ0) is 20.1. The van der Waals surface area contributed by atoms with E-state index in [2.05, 4.69) is 12.2 Å². The summed E-state index contributed by atoms with van der Waals surface area (Å²) in [6.45, 7) is 2.70. The molecule has 0 aliphatic heterocycles. The monoisotopic (exact) mass is 380 g/mol. The second kappa shape index (κ2) is 8.71. The predicted octanol–water partition coefficient (Wildman–Crippen LogP) is 3.43. The molecule has 0 saturated carbocycles. The molecule has 1 heterocycles. The molecular formula is C22H24N2O4. The number of nitrogens with zero attached hydrogens (tertiary/aromatic N) is 1. The molecule has 6 nitrogen and oxygen atoms in total. The van der Waals surface area contributed by atoms with Crippen LogP contribution < -0.4 is 15.7 Å². The molecule has 28 heavy (non-hydrogen) atoms. The molecule has 0 bridgehead atoms. The minimum absolute atomic E-state index is 0.0997. The average Bonchev–Trinajstić information content (AvgIpc) is 2.67. The molecule has 0 atom stereocenters. The van der Waals surface area contributed by atoms with Gasteiger partial charge in [-0.3, -0.25) is 9.69 Å². The van der Waals surface area contributed by atoms with Gasteiger partial charge in [0.15, 0.2) is 0 Å². The van der Waals surface area contributed by atoms with Crippen molar-refractivity contribution >= 4 is 22.6 Å². The zero-order valence-electron chi connectivity index (χ0n) is 16.3. The van der Waals surface area contributed by atoms with Crippen LogP contribution in [0.25, 0.3) is 11.0 Å². The summed E-state index contributed by atoms with van der Waals surface area (Å²) in [5.74, 6) is 0.521. The van der Waals surface area contributed by atoms with Gasteiger partial charge in [0.25, 0.3) is 0 Å². The van der Waals surface area contributed by atoms with E-state index in [-0.39, 0.29) is 12.5 Å². The summed E-state index contributed by atoms with van der Waals surface area (Å²) < 4.78 is 10.5. The second-order valence-corrected chi connectivity index (χ2v) is 6.68. The molecule has 0 unspecified atom stereocenters. The van der Waals surface area contributed by atoms with E-state index in [0.29, 0.717) is 17.9 Å². The molecule has 1 N–H and O–H groups in total. The van der Waals surface area contributed by atoms with Gasteiger partial charge in [-0.2, -0.15) is 0 Å². The molecule has 6 heteroatoms. The number of hydrogen-bond donors (Lipinski definition) is 1. The lowest BCUT2D eigenvalue weighted by Gasteiger charge is -2.18. The summed E-state index contributed by atoms with van der Waals surface area (Å²) in [4.78, 5) is 26.2. The number of para-hydroxylation sites is 1. The number of methoxy groups -OCH3 is 1. The van der Waals surface area contributed by atoms with Crippen molar-refractivity contribution in [1.82, 2.24) is 4.90 Å². The van der Waals surface area contributed by atoms with Crippen LogP contribution in [0.15, 0.2) is 57.7 Å². The molecule has 0 fully saturated rings. The van der Waals surface area contributed by atoms with E-state index in [1.54, 1.807) is 13.2 Å². The van der Waals surface area contributed by atoms with E-state index in [0.717, 1.165) is 28.6 Å². The molecule has 1 amide bonds. The Morgan fingerprint density at radius 2 is 1.93 bits per heavy atom. The summed E-state index contributed by atoms with van der Waals surface area (Å²) in [6.07, 6.45) is 0.849. The number of nitrogens with one attached hydrogen (secondary N) is 1. The smallest absolute Gasteiger partial charge is 0.336 e. The van der Waals surface area contributed by atoms with Gasteiger partial charge in [-0.05, 0) is 42.8 Å². The highest BCUT2D eigenvalue weighted by molar-refractivity contribution is 5.93. The topological polar surface area (TPSA) is 71.8 Å². The van der Waals surface area contributed by atoms with Gasteiger partial charge in [-0.1, -0.05) is 25.1 Å². The molecule has 0 radical (unpaired) electrons. The fraction of sp³-hybridized carbons (Fsp3) is 0.273. The number of fused-ring (bicyclic) bond motifs is 1. The van der Waals surface area contributed by atoms with Crippen LogP contribution in [-0.2, 0) is 17.8 Å². The van der Waals surface area contributed by atoms with Crippen LogP contribution in [-0.4, -0.2) is 31.5 Å². The van der Waals surface area contributed by atoms with Crippen molar-refractivity contribution < 1.29 is 13.9 Å². The van der Waals surface area contributed by atoms with Gasteiger partial charge >= 0.3 is 5.63 Å². The van der Waals surface area contributed by atoms with E-state index >= 15 is 0 Å². The second-order valence-electron chi connectivity index (χ2n) is 6.68. The first-order valence-corrected chi connectivity index (χ1v) is 9.17. The minimum Gasteiger partial charge on any atom is -0.497 e. The Kier molecular flexibility index (Phi) is 6.11. The Hall–Kier alpha value is -3.12. The number of anilines is 1. The highest BCUT2D eigenvalue weighted by atomic mass is 16.5. The number of ether oxygens (including phenoxy) is 1. The number of benzene rings is 2. The van der Waals surface area contributed by atoms with Gasteiger partial charge in [0.2, 0.25) is 5.91 Å².